The number of carbonyl (C=O) groups excluding carboxylic acids is 1. The molecule has 0 radical (unpaired) electrons. The number of hydrogen-bond donors (Lipinski definition) is 2. The number of fused-ring (bicyclic) bond motifs is 1. The molecule has 1 aliphatic heterocycles. The fraction of sp³-hybridized carbons (Fsp3) is 0.381. The van der Waals surface area contributed by atoms with E-state index in [2.05, 4.69) is 57.8 Å². The van der Waals surface area contributed by atoms with Crippen molar-refractivity contribution in [1.29, 1.82) is 0 Å². The first-order valence-corrected chi connectivity index (χ1v) is 9.05. The van der Waals surface area contributed by atoms with Gasteiger partial charge < -0.3 is 15.4 Å². The maximum absolute atomic E-state index is 11.1. The number of unbranched alkanes of at least 4 members (excludes halogenated alkanes) is 3. The zero-order valence-electron chi connectivity index (χ0n) is 14.8. The van der Waals surface area contributed by atoms with Crippen LogP contribution in [0.3, 0.4) is 0 Å². The summed E-state index contributed by atoms with van der Waals surface area (Å²) in [6.45, 7) is 0. The van der Waals surface area contributed by atoms with E-state index in [0.717, 1.165) is 32.1 Å². The molecule has 1 aliphatic rings. The van der Waals surface area contributed by atoms with Crippen molar-refractivity contribution in [3.8, 4) is 11.1 Å². The third-order valence-corrected chi connectivity index (χ3v) is 4.64. The Balaban J connectivity index is 1.44. The molecule has 0 fully saturated rings. The van der Waals surface area contributed by atoms with E-state index in [9.17, 15) is 4.79 Å². The number of esters is 1. The Morgan fingerprint density at radius 3 is 2.48 bits per heavy atom. The smallest absolute Gasteiger partial charge is 0.305 e. The summed E-state index contributed by atoms with van der Waals surface area (Å²) in [5, 5.41) is 7.12. The number of rotatable bonds is 8. The quantitative estimate of drug-likeness (QED) is 0.523. The van der Waals surface area contributed by atoms with E-state index < -0.39 is 0 Å². The molecule has 25 heavy (non-hydrogen) atoms. The van der Waals surface area contributed by atoms with Crippen LogP contribution < -0.4 is 10.6 Å². The number of benzene rings is 2. The Labute approximate surface area is 149 Å². The topological polar surface area (TPSA) is 50.4 Å². The van der Waals surface area contributed by atoms with E-state index in [0.29, 0.717) is 12.6 Å². The standard InChI is InChI=1S/C21H26N2O2/c1-25-21(24)12-8-3-2-7-11-20-22-18-14-13-17(15-19(18)23-20)16-9-5-4-6-10-16/h4-6,9-10,13-15,20,22-23H,2-3,7-8,11-12H2,1H3. The van der Waals surface area contributed by atoms with E-state index in [1.807, 2.05) is 6.07 Å². The van der Waals surface area contributed by atoms with Crippen LogP contribution in [0.25, 0.3) is 11.1 Å². The lowest BCUT2D eigenvalue weighted by atomic mass is 10.0. The summed E-state index contributed by atoms with van der Waals surface area (Å²) >= 11 is 0. The second-order valence-corrected chi connectivity index (χ2v) is 6.50. The van der Waals surface area contributed by atoms with Gasteiger partial charge in [0.2, 0.25) is 0 Å². The van der Waals surface area contributed by atoms with E-state index in [4.69, 9.17) is 0 Å². The summed E-state index contributed by atoms with van der Waals surface area (Å²) < 4.78 is 4.66. The predicted octanol–water partition coefficient (Wildman–Crippen LogP) is 5.03. The predicted molar refractivity (Wildman–Crippen MR) is 103 cm³/mol. The van der Waals surface area contributed by atoms with Crippen LogP contribution in [0.1, 0.15) is 38.5 Å². The summed E-state index contributed by atoms with van der Waals surface area (Å²) in [5.41, 5.74) is 4.82. The van der Waals surface area contributed by atoms with Crippen molar-refractivity contribution >= 4 is 17.3 Å². The van der Waals surface area contributed by atoms with Crippen LogP contribution in [0.4, 0.5) is 11.4 Å². The molecule has 2 aromatic rings. The van der Waals surface area contributed by atoms with Gasteiger partial charge in [0.25, 0.3) is 0 Å². The fourth-order valence-corrected chi connectivity index (χ4v) is 3.23. The van der Waals surface area contributed by atoms with E-state index >= 15 is 0 Å². The first-order chi connectivity index (χ1) is 12.3. The van der Waals surface area contributed by atoms with Gasteiger partial charge in [-0.05, 0) is 42.5 Å². The monoisotopic (exact) mass is 338 g/mol. The highest BCUT2D eigenvalue weighted by atomic mass is 16.5. The summed E-state index contributed by atoms with van der Waals surface area (Å²) in [7, 11) is 1.45. The molecular formula is C21H26N2O2. The van der Waals surface area contributed by atoms with Crippen molar-refractivity contribution < 1.29 is 9.53 Å². The van der Waals surface area contributed by atoms with Gasteiger partial charge in [-0.25, -0.2) is 0 Å². The van der Waals surface area contributed by atoms with Gasteiger partial charge in [-0.3, -0.25) is 4.79 Å². The van der Waals surface area contributed by atoms with Crippen molar-refractivity contribution in [3.05, 3.63) is 48.5 Å². The van der Waals surface area contributed by atoms with Crippen LogP contribution in [-0.2, 0) is 9.53 Å². The normalized spacial score (nSPS) is 15.2. The highest BCUT2D eigenvalue weighted by Crippen LogP contribution is 2.34. The maximum Gasteiger partial charge on any atom is 0.305 e. The number of ether oxygens (including phenoxy) is 1. The highest BCUT2D eigenvalue weighted by molar-refractivity contribution is 5.80. The minimum absolute atomic E-state index is 0.108. The summed E-state index contributed by atoms with van der Waals surface area (Å²) in [4.78, 5) is 11.1. The molecule has 0 bridgehead atoms. The minimum atomic E-state index is -0.108. The molecule has 132 valence electrons. The molecule has 0 saturated heterocycles. The molecule has 3 rings (SSSR count). The molecule has 0 spiro atoms. The average molecular weight is 338 g/mol. The molecule has 4 heteroatoms. The molecule has 0 saturated carbocycles. The van der Waals surface area contributed by atoms with Crippen molar-refractivity contribution in [2.75, 3.05) is 17.7 Å². The first kappa shape index (κ1) is 17.3. The molecule has 0 aromatic heterocycles. The third kappa shape index (κ3) is 4.75. The Hall–Kier alpha value is -2.49. The van der Waals surface area contributed by atoms with Crippen molar-refractivity contribution in [2.45, 2.75) is 44.7 Å². The minimum Gasteiger partial charge on any atom is -0.469 e. The van der Waals surface area contributed by atoms with Gasteiger partial charge in [0.1, 0.15) is 0 Å². The number of hydrogen-bond acceptors (Lipinski definition) is 4. The van der Waals surface area contributed by atoms with Crippen molar-refractivity contribution in [1.82, 2.24) is 0 Å². The van der Waals surface area contributed by atoms with E-state index in [1.165, 1.54) is 29.6 Å². The Morgan fingerprint density at radius 2 is 1.68 bits per heavy atom. The molecule has 0 amide bonds. The van der Waals surface area contributed by atoms with Crippen LogP contribution in [0, 0.1) is 0 Å². The lowest BCUT2D eigenvalue weighted by Gasteiger charge is -2.11. The SMILES string of the molecule is COC(=O)CCCCCCC1Nc2ccc(-c3ccccc3)cc2N1. The van der Waals surface area contributed by atoms with Gasteiger partial charge in [0.05, 0.1) is 24.7 Å². The maximum atomic E-state index is 11.1. The van der Waals surface area contributed by atoms with Crippen LogP contribution in [0.2, 0.25) is 0 Å². The second-order valence-electron chi connectivity index (χ2n) is 6.50. The largest absolute Gasteiger partial charge is 0.469 e. The Morgan fingerprint density at radius 1 is 0.920 bits per heavy atom. The Kier molecular flexibility index (Phi) is 5.94. The number of methoxy groups -OCH3 is 1. The third-order valence-electron chi connectivity index (χ3n) is 4.64. The van der Waals surface area contributed by atoms with Crippen LogP contribution in [0.5, 0.6) is 0 Å². The molecule has 0 aliphatic carbocycles. The molecule has 4 nitrogen and oxygen atoms in total. The van der Waals surface area contributed by atoms with Gasteiger partial charge in [0.15, 0.2) is 0 Å². The molecular weight excluding hydrogens is 312 g/mol. The van der Waals surface area contributed by atoms with Crippen molar-refractivity contribution in [2.24, 2.45) is 0 Å². The molecule has 1 unspecified atom stereocenters. The summed E-state index contributed by atoms with van der Waals surface area (Å²) in [6.07, 6.45) is 6.18. The lowest BCUT2D eigenvalue weighted by molar-refractivity contribution is -0.140. The lowest BCUT2D eigenvalue weighted by Crippen LogP contribution is -2.21. The Bertz CT molecular complexity index is 700. The van der Waals surface area contributed by atoms with Crippen LogP contribution >= 0.6 is 0 Å². The van der Waals surface area contributed by atoms with E-state index in [1.54, 1.807) is 0 Å². The van der Waals surface area contributed by atoms with Gasteiger partial charge in [-0.2, -0.15) is 0 Å². The second kappa shape index (κ2) is 8.56. The first-order valence-electron chi connectivity index (χ1n) is 9.05. The number of anilines is 2. The van der Waals surface area contributed by atoms with Gasteiger partial charge in [-0.1, -0.05) is 49.2 Å². The van der Waals surface area contributed by atoms with Gasteiger partial charge in [-0.15, -0.1) is 0 Å². The molecule has 1 atom stereocenters. The molecule has 2 N–H and O–H groups in total. The fourth-order valence-electron chi connectivity index (χ4n) is 3.23. The van der Waals surface area contributed by atoms with Crippen molar-refractivity contribution in [3.63, 3.8) is 0 Å². The number of nitrogens with one attached hydrogen (secondary N) is 2. The summed E-state index contributed by atoms with van der Waals surface area (Å²) in [6, 6.07) is 17.0. The zero-order valence-corrected chi connectivity index (χ0v) is 14.8. The van der Waals surface area contributed by atoms with Crippen LogP contribution in [-0.4, -0.2) is 19.2 Å². The number of carbonyl (C=O) groups is 1. The molecule has 2 aromatic carbocycles. The van der Waals surface area contributed by atoms with Gasteiger partial charge in [0, 0.05) is 6.42 Å². The van der Waals surface area contributed by atoms with Crippen LogP contribution in [0.15, 0.2) is 48.5 Å². The average Bonchev–Trinajstić information content (AvgIpc) is 3.06. The summed E-state index contributed by atoms with van der Waals surface area (Å²) in [5.74, 6) is -0.108. The zero-order chi connectivity index (χ0) is 17.5. The highest BCUT2D eigenvalue weighted by Gasteiger charge is 2.19. The van der Waals surface area contributed by atoms with Gasteiger partial charge >= 0.3 is 5.97 Å². The van der Waals surface area contributed by atoms with E-state index in [-0.39, 0.29) is 5.97 Å². The molecule has 1 heterocycles.